The fourth-order valence-corrected chi connectivity index (χ4v) is 4.19. The first-order valence-electron chi connectivity index (χ1n) is 7.78. The predicted octanol–water partition coefficient (Wildman–Crippen LogP) is 3.38. The summed E-state index contributed by atoms with van der Waals surface area (Å²) < 4.78 is 34.2. The third-order valence-corrected chi connectivity index (χ3v) is 5.33. The molecule has 26 heavy (non-hydrogen) atoms. The maximum Gasteiger partial charge on any atom is 0.295 e. The van der Waals surface area contributed by atoms with E-state index in [-0.39, 0.29) is 27.8 Å². The summed E-state index contributed by atoms with van der Waals surface area (Å²) in [6, 6.07) is 17.6. The molecule has 0 atom stereocenters. The van der Waals surface area contributed by atoms with Crippen LogP contribution in [0.2, 0.25) is 0 Å². The van der Waals surface area contributed by atoms with Crippen molar-refractivity contribution < 1.29 is 22.6 Å². The molecular weight excluding hydrogens is 352 g/mol. The Kier molecular flexibility index (Phi) is 3.61. The molecule has 0 aliphatic heterocycles. The molecule has 128 valence electrons. The topological polar surface area (TPSA) is 88.5 Å². The third-order valence-electron chi connectivity index (χ3n) is 4.39. The molecule has 0 radical (unpaired) electrons. The molecule has 0 unspecified atom stereocenters. The van der Waals surface area contributed by atoms with Crippen LogP contribution in [-0.2, 0) is 10.1 Å². The van der Waals surface area contributed by atoms with Gasteiger partial charge in [-0.25, -0.2) is 0 Å². The Morgan fingerprint density at radius 1 is 0.615 bits per heavy atom. The monoisotopic (exact) mass is 364 g/mol. The quantitative estimate of drug-likeness (QED) is 0.551. The van der Waals surface area contributed by atoms with Gasteiger partial charge in [0.05, 0.1) is 5.56 Å². The van der Waals surface area contributed by atoms with Crippen LogP contribution in [0.25, 0.3) is 11.1 Å². The van der Waals surface area contributed by atoms with Crippen molar-refractivity contribution in [1.29, 1.82) is 0 Å². The molecule has 0 saturated carbocycles. The third kappa shape index (κ3) is 2.39. The van der Waals surface area contributed by atoms with Crippen molar-refractivity contribution in [3.63, 3.8) is 0 Å². The predicted molar refractivity (Wildman–Crippen MR) is 95.0 cm³/mol. The lowest BCUT2D eigenvalue weighted by Crippen LogP contribution is -2.24. The van der Waals surface area contributed by atoms with E-state index in [1.807, 2.05) is 0 Å². The largest absolute Gasteiger partial charge is 0.295 e. The summed E-state index contributed by atoms with van der Waals surface area (Å²) in [7, 11) is -4.76. The lowest BCUT2D eigenvalue weighted by molar-refractivity contribution is 0.0976. The van der Waals surface area contributed by atoms with Crippen molar-refractivity contribution >= 4 is 21.7 Å². The van der Waals surface area contributed by atoms with E-state index in [1.54, 1.807) is 42.5 Å². The average molecular weight is 364 g/mol. The Hall–Kier alpha value is -3.09. The lowest BCUT2D eigenvalue weighted by atomic mass is 9.82. The number of hydrogen-bond donors (Lipinski definition) is 1. The molecule has 0 bridgehead atoms. The van der Waals surface area contributed by atoms with Crippen molar-refractivity contribution in [2.24, 2.45) is 0 Å². The van der Waals surface area contributed by atoms with Crippen molar-refractivity contribution in [2.45, 2.75) is 4.90 Å². The molecule has 1 aliphatic rings. The number of rotatable bonds is 2. The Morgan fingerprint density at radius 2 is 1.15 bits per heavy atom. The molecule has 0 fully saturated rings. The summed E-state index contributed by atoms with van der Waals surface area (Å²) in [6.45, 7) is 0. The van der Waals surface area contributed by atoms with Crippen LogP contribution in [0.15, 0.2) is 71.6 Å². The van der Waals surface area contributed by atoms with E-state index >= 15 is 0 Å². The molecule has 1 N–H and O–H groups in total. The standard InChI is InChI=1S/C20H12O5S/c21-18-14-8-4-5-9-15(14)19(22)17-16(18)11-10-13(20(17)26(23,24)25)12-6-2-1-3-7-12/h1-11H,(H,23,24,25). The van der Waals surface area contributed by atoms with Crippen molar-refractivity contribution in [3.8, 4) is 11.1 Å². The molecular formula is C20H12O5S. The second-order valence-corrected chi connectivity index (χ2v) is 7.27. The zero-order chi connectivity index (χ0) is 18.5. The highest BCUT2D eigenvalue weighted by molar-refractivity contribution is 7.86. The molecule has 0 spiro atoms. The maximum absolute atomic E-state index is 13.0. The van der Waals surface area contributed by atoms with Crippen LogP contribution in [0.4, 0.5) is 0 Å². The second-order valence-electron chi connectivity index (χ2n) is 5.91. The molecule has 0 amide bonds. The van der Waals surface area contributed by atoms with Gasteiger partial charge in [-0.15, -0.1) is 0 Å². The van der Waals surface area contributed by atoms with Crippen LogP contribution in [0.3, 0.4) is 0 Å². The first-order chi connectivity index (χ1) is 12.4. The van der Waals surface area contributed by atoms with E-state index in [2.05, 4.69) is 0 Å². The van der Waals surface area contributed by atoms with Crippen molar-refractivity contribution in [2.75, 3.05) is 0 Å². The van der Waals surface area contributed by atoms with Crippen LogP contribution in [-0.4, -0.2) is 24.5 Å². The van der Waals surface area contributed by atoms with Gasteiger partial charge in [0.1, 0.15) is 4.90 Å². The molecule has 6 heteroatoms. The fourth-order valence-electron chi connectivity index (χ4n) is 3.27. The normalized spacial score (nSPS) is 13.3. The summed E-state index contributed by atoms with van der Waals surface area (Å²) in [5, 5.41) is 0. The van der Waals surface area contributed by atoms with E-state index in [0.29, 0.717) is 5.56 Å². The highest BCUT2D eigenvalue weighted by atomic mass is 32.2. The zero-order valence-corrected chi connectivity index (χ0v) is 14.2. The Balaban J connectivity index is 2.11. The van der Waals surface area contributed by atoms with Crippen molar-refractivity contribution in [3.05, 3.63) is 89.0 Å². The Labute approximate surface area is 149 Å². The van der Waals surface area contributed by atoms with E-state index in [9.17, 15) is 22.6 Å². The summed E-state index contributed by atoms with van der Waals surface area (Å²) in [6.07, 6.45) is 0. The van der Waals surface area contributed by atoms with Gasteiger partial charge in [0.15, 0.2) is 11.6 Å². The number of fused-ring (bicyclic) bond motifs is 2. The average Bonchev–Trinajstić information content (AvgIpc) is 2.65. The highest BCUT2D eigenvalue weighted by Gasteiger charge is 2.36. The van der Waals surface area contributed by atoms with Crippen LogP contribution in [0, 0.1) is 0 Å². The SMILES string of the molecule is O=C1c2ccccc2C(=O)c2c1ccc(-c1ccccc1)c2S(=O)(=O)O. The minimum atomic E-state index is -4.76. The minimum absolute atomic E-state index is 0.0268. The van der Waals surface area contributed by atoms with Crippen molar-refractivity contribution in [1.82, 2.24) is 0 Å². The molecule has 3 aromatic rings. The van der Waals surface area contributed by atoms with Gasteiger partial charge in [0, 0.05) is 22.3 Å². The highest BCUT2D eigenvalue weighted by Crippen LogP contribution is 2.37. The summed E-state index contributed by atoms with van der Waals surface area (Å²) >= 11 is 0. The van der Waals surface area contributed by atoms with Crippen LogP contribution in [0.1, 0.15) is 31.8 Å². The fraction of sp³-hybridized carbons (Fsp3) is 0. The molecule has 3 aromatic carbocycles. The molecule has 0 heterocycles. The Morgan fingerprint density at radius 3 is 1.77 bits per heavy atom. The smallest absolute Gasteiger partial charge is 0.289 e. The molecule has 0 saturated heterocycles. The van der Waals surface area contributed by atoms with Gasteiger partial charge in [-0.3, -0.25) is 14.1 Å². The molecule has 1 aliphatic carbocycles. The summed E-state index contributed by atoms with van der Waals surface area (Å²) in [4.78, 5) is 25.2. The van der Waals surface area contributed by atoms with Gasteiger partial charge in [0.25, 0.3) is 10.1 Å². The molecule has 0 aromatic heterocycles. The van der Waals surface area contributed by atoms with Crippen LogP contribution < -0.4 is 0 Å². The first-order valence-corrected chi connectivity index (χ1v) is 9.22. The summed E-state index contributed by atoms with van der Waals surface area (Å²) in [5.74, 6) is -1.04. The van der Waals surface area contributed by atoms with Gasteiger partial charge in [-0.1, -0.05) is 60.7 Å². The first kappa shape index (κ1) is 16.4. The number of benzene rings is 3. The van der Waals surface area contributed by atoms with Gasteiger partial charge >= 0.3 is 0 Å². The minimum Gasteiger partial charge on any atom is -0.289 e. The van der Waals surface area contributed by atoms with Gasteiger partial charge < -0.3 is 0 Å². The van der Waals surface area contributed by atoms with Gasteiger partial charge in [-0.05, 0) is 11.6 Å². The maximum atomic E-state index is 13.0. The number of carbonyl (C=O) groups excluding carboxylic acids is 2. The van der Waals surface area contributed by atoms with E-state index in [0.717, 1.165) is 0 Å². The van der Waals surface area contributed by atoms with E-state index in [4.69, 9.17) is 0 Å². The summed E-state index contributed by atoms with van der Waals surface area (Å²) in [5.41, 5.74) is 0.729. The Bertz CT molecular complexity index is 1180. The lowest BCUT2D eigenvalue weighted by Gasteiger charge is -2.21. The zero-order valence-electron chi connectivity index (χ0n) is 13.3. The van der Waals surface area contributed by atoms with Crippen LogP contribution in [0.5, 0.6) is 0 Å². The van der Waals surface area contributed by atoms with E-state index in [1.165, 1.54) is 24.3 Å². The number of ketones is 2. The van der Waals surface area contributed by atoms with E-state index < -0.39 is 26.6 Å². The van der Waals surface area contributed by atoms with Gasteiger partial charge in [0.2, 0.25) is 0 Å². The van der Waals surface area contributed by atoms with Gasteiger partial charge in [-0.2, -0.15) is 8.42 Å². The second kappa shape index (κ2) is 5.72. The van der Waals surface area contributed by atoms with Crippen LogP contribution >= 0.6 is 0 Å². The molecule has 5 nitrogen and oxygen atoms in total. The number of hydrogen-bond acceptors (Lipinski definition) is 4. The number of carbonyl (C=O) groups is 2. The molecule has 4 rings (SSSR count).